The van der Waals surface area contributed by atoms with Gasteiger partial charge in [0.25, 0.3) is 0 Å². The van der Waals surface area contributed by atoms with Crippen LogP contribution in [0.25, 0.3) is 0 Å². The summed E-state index contributed by atoms with van der Waals surface area (Å²) in [5.41, 5.74) is 4.67. The molecule has 0 amide bonds. The fourth-order valence-corrected chi connectivity index (χ4v) is 2.47. The molecule has 0 heterocycles. The molecule has 0 aliphatic rings. The Morgan fingerprint density at radius 2 is 1.67 bits per heavy atom. The smallest absolute Gasteiger partial charge is 0.118 e. The third-order valence-electron chi connectivity index (χ3n) is 3.45. The summed E-state index contributed by atoms with van der Waals surface area (Å²) < 4.78 is 5.11. The summed E-state index contributed by atoms with van der Waals surface area (Å²) in [5, 5.41) is 13.5. The van der Waals surface area contributed by atoms with E-state index in [1.165, 1.54) is 16.7 Å². The summed E-state index contributed by atoms with van der Waals surface area (Å²) in [6, 6.07) is 14.0. The van der Waals surface area contributed by atoms with Crippen LogP contribution >= 0.6 is 0 Å². The van der Waals surface area contributed by atoms with E-state index in [-0.39, 0.29) is 0 Å². The van der Waals surface area contributed by atoms with E-state index >= 15 is 0 Å². The normalized spacial score (nSPS) is 12.2. The Labute approximate surface area is 126 Å². The average Bonchev–Trinajstić information content (AvgIpc) is 2.46. The van der Waals surface area contributed by atoms with E-state index < -0.39 is 6.10 Å². The van der Waals surface area contributed by atoms with Gasteiger partial charge in [-0.1, -0.05) is 41.5 Å². The standard InChI is InChI=1S/C18H23NO2/c1-13-8-14(2)10-15(9-13)11-19-12-18(20)16-4-6-17(21-3)7-5-16/h4-10,18-20H,11-12H2,1-3H3. The quantitative estimate of drug-likeness (QED) is 0.857. The van der Waals surface area contributed by atoms with Gasteiger partial charge >= 0.3 is 0 Å². The van der Waals surface area contributed by atoms with Gasteiger partial charge < -0.3 is 15.2 Å². The molecular formula is C18H23NO2. The number of aryl methyl sites for hydroxylation is 2. The molecule has 2 aromatic rings. The molecule has 3 nitrogen and oxygen atoms in total. The molecule has 2 aromatic carbocycles. The minimum Gasteiger partial charge on any atom is -0.497 e. The van der Waals surface area contributed by atoms with Crippen LogP contribution < -0.4 is 10.1 Å². The van der Waals surface area contributed by atoms with Crippen molar-refractivity contribution in [1.29, 1.82) is 0 Å². The van der Waals surface area contributed by atoms with Crippen molar-refractivity contribution >= 4 is 0 Å². The average molecular weight is 285 g/mol. The molecule has 2 N–H and O–H groups in total. The van der Waals surface area contributed by atoms with E-state index in [0.29, 0.717) is 6.54 Å². The van der Waals surface area contributed by atoms with Crippen molar-refractivity contribution in [3.05, 3.63) is 64.7 Å². The molecule has 0 fully saturated rings. The number of aliphatic hydroxyl groups is 1. The van der Waals surface area contributed by atoms with E-state index in [1.807, 2.05) is 24.3 Å². The number of methoxy groups -OCH3 is 1. The van der Waals surface area contributed by atoms with Crippen molar-refractivity contribution in [1.82, 2.24) is 5.32 Å². The summed E-state index contributed by atoms with van der Waals surface area (Å²) in [4.78, 5) is 0. The predicted octanol–water partition coefficient (Wildman–Crippen LogP) is 3.14. The highest BCUT2D eigenvalue weighted by molar-refractivity contribution is 5.29. The molecule has 3 heteroatoms. The van der Waals surface area contributed by atoms with Gasteiger partial charge in [0.05, 0.1) is 13.2 Å². The molecule has 2 rings (SSSR count). The lowest BCUT2D eigenvalue weighted by molar-refractivity contribution is 0.174. The molecule has 1 atom stereocenters. The van der Waals surface area contributed by atoms with Crippen LogP contribution in [0, 0.1) is 13.8 Å². The monoisotopic (exact) mass is 285 g/mol. The molecule has 0 saturated carbocycles. The predicted molar refractivity (Wildman–Crippen MR) is 85.6 cm³/mol. The number of benzene rings is 2. The fraction of sp³-hybridized carbons (Fsp3) is 0.333. The zero-order valence-corrected chi connectivity index (χ0v) is 12.9. The summed E-state index contributed by atoms with van der Waals surface area (Å²) in [5.74, 6) is 0.800. The maximum absolute atomic E-state index is 10.2. The Kier molecular flexibility index (Phi) is 5.37. The number of hydrogen-bond donors (Lipinski definition) is 2. The van der Waals surface area contributed by atoms with Gasteiger partial charge in [-0.15, -0.1) is 0 Å². The third kappa shape index (κ3) is 4.59. The van der Waals surface area contributed by atoms with Crippen molar-refractivity contribution in [2.75, 3.05) is 13.7 Å². The Hall–Kier alpha value is -1.84. The van der Waals surface area contributed by atoms with Gasteiger partial charge in [-0.3, -0.25) is 0 Å². The van der Waals surface area contributed by atoms with E-state index in [1.54, 1.807) is 7.11 Å². The second kappa shape index (κ2) is 7.25. The lowest BCUT2D eigenvalue weighted by Gasteiger charge is -2.13. The van der Waals surface area contributed by atoms with E-state index in [2.05, 4.69) is 37.4 Å². The molecule has 112 valence electrons. The van der Waals surface area contributed by atoms with Crippen LogP contribution in [0.4, 0.5) is 0 Å². The second-order valence-electron chi connectivity index (χ2n) is 5.42. The summed E-state index contributed by atoms with van der Waals surface area (Å²) in [6.07, 6.45) is -0.512. The van der Waals surface area contributed by atoms with E-state index in [0.717, 1.165) is 17.9 Å². The lowest BCUT2D eigenvalue weighted by Crippen LogP contribution is -2.21. The van der Waals surface area contributed by atoms with Gasteiger partial charge in [0, 0.05) is 13.1 Å². The Bertz CT molecular complexity index is 558. The molecule has 21 heavy (non-hydrogen) atoms. The van der Waals surface area contributed by atoms with Gasteiger partial charge in [0.2, 0.25) is 0 Å². The van der Waals surface area contributed by atoms with Gasteiger partial charge in [0.1, 0.15) is 5.75 Å². The van der Waals surface area contributed by atoms with Crippen molar-refractivity contribution in [2.45, 2.75) is 26.5 Å². The van der Waals surface area contributed by atoms with Crippen molar-refractivity contribution < 1.29 is 9.84 Å². The second-order valence-corrected chi connectivity index (χ2v) is 5.42. The summed E-state index contributed by atoms with van der Waals surface area (Å²) >= 11 is 0. The Morgan fingerprint density at radius 1 is 1.05 bits per heavy atom. The van der Waals surface area contributed by atoms with Gasteiger partial charge in [-0.2, -0.15) is 0 Å². The Balaban J connectivity index is 1.87. The summed E-state index contributed by atoms with van der Waals surface area (Å²) in [7, 11) is 1.64. The first-order valence-electron chi connectivity index (χ1n) is 7.18. The van der Waals surface area contributed by atoms with Crippen molar-refractivity contribution in [2.24, 2.45) is 0 Å². The van der Waals surface area contributed by atoms with Crippen LogP contribution in [0.3, 0.4) is 0 Å². The molecule has 0 aliphatic carbocycles. The molecule has 0 bridgehead atoms. The van der Waals surface area contributed by atoms with Crippen LogP contribution in [0.2, 0.25) is 0 Å². The minimum absolute atomic E-state index is 0.512. The molecule has 0 spiro atoms. The van der Waals surface area contributed by atoms with Crippen LogP contribution in [0.5, 0.6) is 5.75 Å². The number of nitrogens with one attached hydrogen (secondary N) is 1. The molecule has 0 saturated heterocycles. The molecule has 1 unspecified atom stereocenters. The molecule has 0 aromatic heterocycles. The van der Waals surface area contributed by atoms with Crippen molar-refractivity contribution in [3.63, 3.8) is 0 Å². The molecule has 0 radical (unpaired) electrons. The largest absolute Gasteiger partial charge is 0.497 e. The molecule has 0 aliphatic heterocycles. The third-order valence-corrected chi connectivity index (χ3v) is 3.45. The fourth-order valence-electron chi connectivity index (χ4n) is 2.47. The maximum atomic E-state index is 10.2. The van der Waals surface area contributed by atoms with E-state index in [4.69, 9.17) is 4.74 Å². The highest BCUT2D eigenvalue weighted by Crippen LogP contribution is 2.17. The highest BCUT2D eigenvalue weighted by atomic mass is 16.5. The zero-order chi connectivity index (χ0) is 15.2. The highest BCUT2D eigenvalue weighted by Gasteiger charge is 2.07. The lowest BCUT2D eigenvalue weighted by atomic mass is 10.1. The SMILES string of the molecule is COc1ccc(C(O)CNCc2cc(C)cc(C)c2)cc1. The number of ether oxygens (including phenoxy) is 1. The van der Waals surface area contributed by atoms with E-state index in [9.17, 15) is 5.11 Å². The first-order valence-corrected chi connectivity index (χ1v) is 7.18. The minimum atomic E-state index is -0.512. The number of rotatable bonds is 6. The van der Waals surface area contributed by atoms with Gasteiger partial charge in [-0.25, -0.2) is 0 Å². The van der Waals surface area contributed by atoms with Crippen LogP contribution in [-0.4, -0.2) is 18.8 Å². The zero-order valence-electron chi connectivity index (χ0n) is 12.9. The first kappa shape index (κ1) is 15.5. The topological polar surface area (TPSA) is 41.5 Å². The first-order chi connectivity index (χ1) is 10.1. The molecular weight excluding hydrogens is 262 g/mol. The number of aliphatic hydroxyl groups excluding tert-OH is 1. The Morgan fingerprint density at radius 3 is 2.24 bits per heavy atom. The maximum Gasteiger partial charge on any atom is 0.118 e. The van der Waals surface area contributed by atoms with Crippen LogP contribution in [0.1, 0.15) is 28.4 Å². The summed E-state index contributed by atoms with van der Waals surface area (Å²) in [6.45, 7) is 5.49. The van der Waals surface area contributed by atoms with Gasteiger partial charge in [-0.05, 0) is 37.1 Å². The van der Waals surface area contributed by atoms with Crippen LogP contribution in [0.15, 0.2) is 42.5 Å². The van der Waals surface area contributed by atoms with Crippen LogP contribution in [-0.2, 0) is 6.54 Å². The van der Waals surface area contributed by atoms with Gasteiger partial charge in [0.15, 0.2) is 0 Å². The van der Waals surface area contributed by atoms with Crippen molar-refractivity contribution in [3.8, 4) is 5.75 Å². The number of hydrogen-bond acceptors (Lipinski definition) is 3.